The number of benzene rings is 2. The molecular weight excluding hydrogens is 294 g/mol. The number of hydrogen-bond acceptors (Lipinski definition) is 4. The van der Waals surface area contributed by atoms with Crippen LogP contribution < -0.4 is 0 Å². The van der Waals surface area contributed by atoms with Crippen LogP contribution in [-0.2, 0) is 16.1 Å². The Labute approximate surface area is 134 Å². The van der Waals surface area contributed by atoms with Crippen molar-refractivity contribution in [2.45, 2.75) is 25.3 Å². The van der Waals surface area contributed by atoms with Gasteiger partial charge in [-0.3, -0.25) is 4.79 Å². The minimum absolute atomic E-state index is 0.196. The smallest absolute Gasteiger partial charge is 0.316 e. The summed E-state index contributed by atoms with van der Waals surface area (Å²) in [6, 6.07) is 15.3. The number of ether oxygens (including phenoxy) is 1. The van der Waals surface area contributed by atoms with Crippen LogP contribution >= 0.6 is 11.8 Å². The lowest BCUT2D eigenvalue weighted by Crippen LogP contribution is -2.07. The van der Waals surface area contributed by atoms with E-state index in [-0.39, 0.29) is 18.3 Å². The number of carbonyl (C=O) groups excluding carboxylic acids is 1. The number of hydrogen-bond donors (Lipinski definition) is 0. The molecule has 0 radical (unpaired) electrons. The zero-order valence-corrected chi connectivity index (χ0v) is 13.4. The minimum Gasteiger partial charge on any atom is -0.460 e. The van der Waals surface area contributed by atoms with E-state index < -0.39 is 0 Å². The zero-order valence-electron chi connectivity index (χ0n) is 12.6. The van der Waals surface area contributed by atoms with Crippen molar-refractivity contribution in [1.82, 2.24) is 0 Å². The van der Waals surface area contributed by atoms with Gasteiger partial charge in [0.1, 0.15) is 6.61 Å². The largest absolute Gasteiger partial charge is 0.460 e. The molecular formula is C18H17NO2S. The molecule has 2 aromatic carbocycles. The van der Waals surface area contributed by atoms with Gasteiger partial charge in [0.2, 0.25) is 0 Å². The molecule has 0 bridgehead atoms. The summed E-state index contributed by atoms with van der Waals surface area (Å²) in [4.78, 5) is 12.9. The van der Waals surface area contributed by atoms with Crippen LogP contribution in [0.5, 0.6) is 0 Å². The molecule has 22 heavy (non-hydrogen) atoms. The third kappa shape index (κ3) is 4.64. The normalized spacial score (nSPS) is 10.0. The summed E-state index contributed by atoms with van der Waals surface area (Å²) in [5, 5.41) is 8.83. The van der Waals surface area contributed by atoms with E-state index in [0.717, 1.165) is 10.5 Å². The maximum atomic E-state index is 11.8. The summed E-state index contributed by atoms with van der Waals surface area (Å²) in [6.45, 7) is 4.28. The SMILES string of the molecule is Cc1ccc(SCC(=O)OCc2cccc(C#N)c2)c(C)c1. The van der Waals surface area contributed by atoms with Gasteiger partial charge < -0.3 is 4.74 Å². The van der Waals surface area contributed by atoms with E-state index in [0.29, 0.717) is 5.56 Å². The van der Waals surface area contributed by atoms with Crippen LogP contribution in [0.4, 0.5) is 0 Å². The van der Waals surface area contributed by atoms with Gasteiger partial charge in [0.05, 0.1) is 17.4 Å². The highest BCUT2D eigenvalue weighted by molar-refractivity contribution is 8.00. The molecule has 4 heteroatoms. The third-order valence-electron chi connectivity index (χ3n) is 3.13. The van der Waals surface area contributed by atoms with Gasteiger partial charge in [0.15, 0.2) is 0 Å². The third-order valence-corrected chi connectivity index (χ3v) is 4.28. The van der Waals surface area contributed by atoms with Gasteiger partial charge in [-0.1, -0.05) is 29.8 Å². The van der Waals surface area contributed by atoms with Crippen molar-refractivity contribution in [3.8, 4) is 6.07 Å². The number of carbonyl (C=O) groups is 1. The highest BCUT2D eigenvalue weighted by Gasteiger charge is 2.07. The summed E-state index contributed by atoms with van der Waals surface area (Å²) in [7, 11) is 0. The summed E-state index contributed by atoms with van der Waals surface area (Å²) in [6.07, 6.45) is 0. The van der Waals surface area contributed by atoms with Crippen LogP contribution in [0.3, 0.4) is 0 Å². The molecule has 3 nitrogen and oxygen atoms in total. The van der Waals surface area contributed by atoms with Crippen LogP contribution in [0.25, 0.3) is 0 Å². The van der Waals surface area contributed by atoms with E-state index in [9.17, 15) is 4.79 Å². The van der Waals surface area contributed by atoms with Crippen LogP contribution in [-0.4, -0.2) is 11.7 Å². The van der Waals surface area contributed by atoms with Crippen molar-refractivity contribution in [3.63, 3.8) is 0 Å². The molecule has 0 N–H and O–H groups in total. The second kappa shape index (κ2) is 7.67. The highest BCUT2D eigenvalue weighted by Crippen LogP contribution is 2.23. The van der Waals surface area contributed by atoms with Crippen molar-refractivity contribution >= 4 is 17.7 Å². The molecule has 0 aromatic heterocycles. The predicted octanol–water partition coefficient (Wildman–Crippen LogP) is 4.01. The molecule has 112 valence electrons. The molecule has 0 aliphatic rings. The quantitative estimate of drug-likeness (QED) is 0.618. The molecule has 0 aliphatic heterocycles. The Morgan fingerprint density at radius 3 is 2.77 bits per heavy atom. The zero-order chi connectivity index (χ0) is 15.9. The topological polar surface area (TPSA) is 50.1 Å². The lowest BCUT2D eigenvalue weighted by Gasteiger charge is -2.07. The number of thioether (sulfide) groups is 1. The first-order chi connectivity index (χ1) is 10.6. The minimum atomic E-state index is -0.257. The number of esters is 1. The monoisotopic (exact) mass is 311 g/mol. The molecule has 0 fully saturated rings. The first-order valence-corrected chi connectivity index (χ1v) is 7.92. The number of rotatable bonds is 5. The van der Waals surface area contributed by atoms with Gasteiger partial charge in [-0.15, -0.1) is 11.8 Å². The molecule has 0 saturated heterocycles. The van der Waals surface area contributed by atoms with Crippen molar-refractivity contribution in [2.24, 2.45) is 0 Å². The van der Waals surface area contributed by atoms with Crippen LogP contribution in [0.15, 0.2) is 47.4 Å². The van der Waals surface area contributed by atoms with Crippen molar-refractivity contribution in [3.05, 3.63) is 64.7 Å². The Hall–Kier alpha value is -2.25. The molecule has 0 heterocycles. The van der Waals surface area contributed by atoms with Gasteiger partial charge in [-0.25, -0.2) is 0 Å². The highest BCUT2D eigenvalue weighted by atomic mass is 32.2. The van der Waals surface area contributed by atoms with E-state index >= 15 is 0 Å². The summed E-state index contributed by atoms with van der Waals surface area (Å²) in [5.74, 6) is 0.0225. The van der Waals surface area contributed by atoms with Gasteiger partial charge in [-0.2, -0.15) is 5.26 Å². The van der Waals surface area contributed by atoms with Crippen molar-refractivity contribution < 1.29 is 9.53 Å². The molecule has 2 rings (SSSR count). The first kappa shape index (κ1) is 16.1. The van der Waals surface area contributed by atoms with Gasteiger partial charge in [0, 0.05) is 4.90 Å². The van der Waals surface area contributed by atoms with Crippen LogP contribution in [0.1, 0.15) is 22.3 Å². The van der Waals surface area contributed by atoms with Gasteiger partial charge in [-0.05, 0) is 43.2 Å². The Bertz CT molecular complexity index is 719. The number of aryl methyl sites for hydroxylation is 2. The fourth-order valence-electron chi connectivity index (χ4n) is 2.03. The van der Waals surface area contributed by atoms with E-state index in [1.807, 2.05) is 32.0 Å². The Morgan fingerprint density at radius 2 is 2.05 bits per heavy atom. The summed E-state index contributed by atoms with van der Waals surface area (Å²) >= 11 is 1.48. The molecule has 0 unspecified atom stereocenters. The maximum Gasteiger partial charge on any atom is 0.316 e. The Kier molecular flexibility index (Phi) is 5.62. The van der Waals surface area contributed by atoms with Gasteiger partial charge >= 0.3 is 5.97 Å². The molecule has 0 atom stereocenters. The average molecular weight is 311 g/mol. The standard InChI is InChI=1S/C18H17NO2S/c1-13-6-7-17(14(2)8-13)22-12-18(20)21-11-16-5-3-4-15(9-16)10-19/h3-9H,11-12H2,1-2H3. The van der Waals surface area contributed by atoms with Crippen molar-refractivity contribution in [1.29, 1.82) is 5.26 Å². The van der Waals surface area contributed by atoms with E-state index in [4.69, 9.17) is 10.00 Å². The Balaban J connectivity index is 1.84. The fourth-order valence-corrected chi connectivity index (χ4v) is 2.84. The van der Waals surface area contributed by atoms with Gasteiger partial charge in [0.25, 0.3) is 0 Å². The second-order valence-electron chi connectivity index (χ2n) is 5.03. The van der Waals surface area contributed by atoms with Crippen LogP contribution in [0.2, 0.25) is 0 Å². The lowest BCUT2D eigenvalue weighted by molar-refractivity contribution is -0.141. The van der Waals surface area contributed by atoms with Crippen LogP contribution in [0, 0.1) is 25.2 Å². The number of nitriles is 1. The van der Waals surface area contributed by atoms with E-state index in [1.165, 1.54) is 22.9 Å². The van der Waals surface area contributed by atoms with Crippen molar-refractivity contribution in [2.75, 3.05) is 5.75 Å². The Morgan fingerprint density at radius 1 is 1.23 bits per heavy atom. The molecule has 0 saturated carbocycles. The number of nitrogens with zero attached hydrogens (tertiary/aromatic N) is 1. The summed E-state index contributed by atoms with van der Waals surface area (Å²) < 4.78 is 5.24. The van der Waals surface area contributed by atoms with E-state index in [2.05, 4.69) is 12.1 Å². The average Bonchev–Trinajstić information content (AvgIpc) is 2.52. The summed E-state index contributed by atoms with van der Waals surface area (Å²) in [5.41, 5.74) is 3.77. The fraction of sp³-hybridized carbons (Fsp3) is 0.222. The maximum absolute atomic E-state index is 11.8. The molecule has 0 aliphatic carbocycles. The molecule has 0 amide bonds. The van der Waals surface area contributed by atoms with E-state index in [1.54, 1.807) is 18.2 Å². The second-order valence-corrected chi connectivity index (χ2v) is 6.05. The molecule has 0 spiro atoms. The first-order valence-electron chi connectivity index (χ1n) is 6.93. The lowest BCUT2D eigenvalue weighted by atomic mass is 10.1. The molecule has 2 aromatic rings. The predicted molar refractivity (Wildman–Crippen MR) is 87.6 cm³/mol.